The van der Waals surface area contributed by atoms with Gasteiger partial charge in [0.1, 0.15) is 24.9 Å². The Balaban J connectivity index is 0.000000167. The van der Waals surface area contributed by atoms with Gasteiger partial charge in [-0.1, -0.05) is 93.2 Å². The van der Waals surface area contributed by atoms with Crippen molar-refractivity contribution >= 4 is 24.2 Å². The maximum atomic E-state index is 8.41. The second-order valence-electron chi connectivity index (χ2n) is 13.9. The molecule has 6 heterocycles. The van der Waals surface area contributed by atoms with Gasteiger partial charge < -0.3 is 28.4 Å². The van der Waals surface area contributed by atoms with Gasteiger partial charge in [0.05, 0.1) is 49.6 Å². The summed E-state index contributed by atoms with van der Waals surface area (Å²) in [5, 5.41) is 34.5. The Labute approximate surface area is 355 Å². The molecule has 0 spiro atoms. The zero-order valence-corrected chi connectivity index (χ0v) is 32.7. The van der Waals surface area contributed by atoms with Gasteiger partial charge in [0.25, 0.3) is 0 Å². The van der Waals surface area contributed by atoms with Crippen molar-refractivity contribution in [3.05, 3.63) is 184 Å². The van der Waals surface area contributed by atoms with Crippen LogP contribution in [0.4, 0.5) is 0 Å². The molecule has 0 saturated heterocycles. The summed E-state index contributed by atoms with van der Waals surface area (Å²) in [7, 11) is -1.41. The molecular weight excluding hydrogens is 779 g/mol. The topological polar surface area (TPSA) is 147 Å². The van der Waals surface area contributed by atoms with Gasteiger partial charge in [-0.3, -0.25) is 9.13 Å². The fourth-order valence-corrected chi connectivity index (χ4v) is 7.54. The van der Waals surface area contributed by atoms with Crippen molar-refractivity contribution in [2.75, 3.05) is 0 Å². The Kier molecular flexibility index (Phi) is 14.3. The number of ether oxygens (including phenoxy) is 2. The standard InChI is InChI=1S/C22H19N3O2.C18H16ClN3O.C4H5BO3.2CH4/c1-15-23-24-22-14-27-13-20-19(11-16-5-3-2-4-6-16)18(17-9-10-26-12-17)7-8-21(20)25(15)22;1-12-20-21-18-11-23-10-15-14(9-13-5-3-2-4-6-13)16(19)7-8-17(15)22(12)18;6-5(7)4-1-2-8-3-4;;/h2-10,12H,11,13-14H2,1H3;2-8H,9-11H2,1H3;1-3,6-7H;2*1H4. The van der Waals surface area contributed by atoms with Crippen LogP contribution >= 0.6 is 11.6 Å². The lowest BCUT2D eigenvalue weighted by molar-refractivity contribution is 0.104. The second-order valence-corrected chi connectivity index (χ2v) is 14.3. The Morgan fingerprint density at radius 1 is 0.600 bits per heavy atom. The number of benzene rings is 4. The Hall–Kier alpha value is -6.09. The van der Waals surface area contributed by atoms with E-state index >= 15 is 0 Å². The van der Waals surface area contributed by atoms with E-state index in [0.29, 0.717) is 31.9 Å². The molecule has 10 rings (SSSR count). The van der Waals surface area contributed by atoms with Gasteiger partial charge in [-0.05, 0) is 84.8 Å². The molecule has 12 nitrogen and oxygen atoms in total. The van der Waals surface area contributed by atoms with E-state index in [2.05, 4.69) is 82.5 Å². The summed E-state index contributed by atoms with van der Waals surface area (Å²) in [6.45, 7) is 5.93. The van der Waals surface area contributed by atoms with Crippen LogP contribution in [-0.4, -0.2) is 46.7 Å². The largest absolute Gasteiger partial charge is 0.491 e. The van der Waals surface area contributed by atoms with Crippen molar-refractivity contribution in [3.63, 3.8) is 0 Å². The monoisotopic (exact) mass is 826 g/mol. The summed E-state index contributed by atoms with van der Waals surface area (Å²) >= 11 is 6.51. The molecule has 4 aromatic carbocycles. The van der Waals surface area contributed by atoms with Crippen molar-refractivity contribution in [2.24, 2.45) is 0 Å². The minimum Gasteiger partial charge on any atom is -0.473 e. The molecule has 0 fully saturated rings. The Morgan fingerprint density at radius 2 is 1.12 bits per heavy atom. The summed E-state index contributed by atoms with van der Waals surface area (Å²) < 4.78 is 25.9. The first-order chi connectivity index (χ1) is 28.4. The predicted octanol–water partition coefficient (Wildman–Crippen LogP) is 8.54. The molecule has 60 heavy (non-hydrogen) atoms. The Bertz CT molecular complexity index is 2590. The van der Waals surface area contributed by atoms with Crippen LogP contribution in [0.25, 0.3) is 22.5 Å². The number of hydrogen-bond donors (Lipinski definition) is 2. The van der Waals surface area contributed by atoms with Crippen LogP contribution < -0.4 is 5.46 Å². The molecule has 4 aromatic heterocycles. The van der Waals surface area contributed by atoms with Crippen LogP contribution in [-0.2, 0) is 48.7 Å². The van der Waals surface area contributed by atoms with E-state index in [0.717, 1.165) is 69.2 Å². The van der Waals surface area contributed by atoms with E-state index in [1.807, 2.05) is 56.3 Å². The van der Waals surface area contributed by atoms with Crippen LogP contribution in [0.15, 0.2) is 131 Å². The van der Waals surface area contributed by atoms with E-state index in [9.17, 15) is 0 Å². The lowest BCUT2D eigenvalue weighted by atomic mass is 9.83. The SMILES string of the molecule is C.C.Cc1nnc2n1-c1ccc(-c3ccoc3)c(Cc3ccccc3)c1COC2.Cc1nnc2n1-c1ccc(Cl)c(Cc3ccccc3)c1COC2.OB(O)c1ccoc1. The van der Waals surface area contributed by atoms with Crippen molar-refractivity contribution in [2.45, 2.75) is 68.0 Å². The fourth-order valence-electron chi connectivity index (χ4n) is 7.29. The van der Waals surface area contributed by atoms with Crippen LogP contribution in [0.2, 0.25) is 5.02 Å². The molecule has 0 atom stereocenters. The number of furan rings is 2. The first kappa shape index (κ1) is 43.5. The third-order valence-corrected chi connectivity index (χ3v) is 10.5. The average molecular weight is 827 g/mol. The fraction of sp³-hybridized carbons (Fsp3) is 0.217. The number of aryl methyl sites for hydroxylation is 2. The van der Waals surface area contributed by atoms with E-state index in [1.165, 1.54) is 46.4 Å². The summed E-state index contributed by atoms with van der Waals surface area (Å²) in [6.07, 6.45) is 7.78. The van der Waals surface area contributed by atoms with E-state index in [1.54, 1.807) is 12.5 Å². The highest BCUT2D eigenvalue weighted by Gasteiger charge is 2.24. The van der Waals surface area contributed by atoms with Crippen LogP contribution in [0.3, 0.4) is 0 Å². The number of fused-ring (bicyclic) bond motifs is 6. The van der Waals surface area contributed by atoms with Gasteiger partial charge in [0, 0.05) is 27.2 Å². The molecule has 0 bridgehead atoms. The smallest absolute Gasteiger partial charge is 0.473 e. The zero-order chi connectivity index (χ0) is 40.0. The lowest BCUT2D eigenvalue weighted by Gasteiger charge is -2.18. The molecule has 0 unspecified atom stereocenters. The minimum absolute atomic E-state index is 0. The number of nitrogens with zero attached hydrogens (tertiary/aromatic N) is 6. The maximum Gasteiger partial charge on any atom is 0.491 e. The predicted molar refractivity (Wildman–Crippen MR) is 232 cm³/mol. The molecular formula is C46H48BClN6O6. The molecule has 2 aliphatic rings. The van der Waals surface area contributed by atoms with Crippen LogP contribution in [0.5, 0.6) is 0 Å². The number of aromatic nitrogens is 6. The van der Waals surface area contributed by atoms with Gasteiger partial charge in [-0.2, -0.15) is 0 Å². The van der Waals surface area contributed by atoms with Crippen LogP contribution in [0, 0.1) is 13.8 Å². The molecule has 0 aliphatic carbocycles. The molecule has 2 N–H and O–H groups in total. The Morgan fingerprint density at radius 3 is 1.62 bits per heavy atom. The summed E-state index contributed by atoms with van der Waals surface area (Å²) in [6, 6.07) is 32.6. The van der Waals surface area contributed by atoms with Gasteiger partial charge in [0.2, 0.25) is 0 Å². The van der Waals surface area contributed by atoms with Gasteiger partial charge in [-0.15, -0.1) is 20.4 Å². The lowest BCUT2D eigenvalue weighted by Crippen LogP contribution is -2.27. The summed E-state index contributed by atoms with van der Waals surface area (Å²) in [4.78, 5) is 0. The third-order valence-electron chi connectivity index (χ3n) is 10.1. The van der Waals surface area contributed by atoms with Gasteiger partial charge in [0.15, 0.2) is 11.6 Å². The normalized spacial score (nSPS) is 12.2. The molecule has 14 heteroatoms. The van der Waals surface area contributed by atoms with Gasteiger partial charge >= 0.3 is 7.12 Å². The molecule has 308 valence electrons. The van der Waals surface area contributed by atoms with Gasteiger partial charge in [-0.25, -0.2) is 0 Å². The van der Waals surface area contributed by atoms with Crippen molar-refractivity contribution in [3.8, 4) is 22.5 Å². The molecule has 0 amide bonds. The molecule has 0 saturated carbocycles. The number of hydrogen-bond acceptors (Lipinski definition) is 10. The van der Waals surface area contributed by atoms with E-state index in [-0.39, 0.29) is 14.9 Å². The highest BCUT2D eigenvalue weighted by atomic mass is 35.5. The number of halogens is 1. The summed E-state index contributed by atoms with van der Waals surface area (Å²) in [5.74, 6) is 3.40. The highest BCUT2D eigenvalue weighted by molar-refractivity contribution is 6.58. The second kappa shape index (κ2) is 19.8. The van der Waals surface area contributed by atoms with E-state index in [4.69, 9.17) is 35.5 Å². The van der Waals surface area contributed by atoms with Crippen molar-refractivity contribution in [1.82, 2.24) is 29.5 Å². The third kappa shape index (κ3) is 9.36. The van der Waals surface area contributed by atoms with E-state index < -0.39 is 7.12 Å². The van der Waals surface area contributed by atoms with Crippen LogP contribution in [0.1, 0.15) is 71.5 Å². The van der Waals surface area contributed by atoms with Crippen molar-refractivity contribution in [1.29, 1.82) is 0 Å². The quantitative estimate of drug-likeness (QED) is 0.156. The van der Waals surface area contributed by atoms with Crippen molar-refractivity contribution < 1.29 is 28.4 Å². The zero-order valence-electron chi connectivity index (χ0n) is 32.0. The summed E-state index contributed by atoms with van der Waals surface area (Å²) in [5.41, 5.74) is 11.9. The number of rotatable bonds is 6. The first-order valence-electron chi connectivity index (χ1n) is 18.8. The maximum absolute atomic E-state index is 8.41. The molecule has 8 aromatic rings. The highest BCUT2D eigenvalue weighted by Crippen LogP contribution is 2.36. The first-order valence-corrected chi connectivity index (χ1v) is 19.1. The molecule has 2 aliphatic heterocycles. The average Bonchev–Trinajstić information content (AvgIpc) is 4.06. The minimum atomic E-state index is -1.41. The molecule has 0 radical (unpaired) electrons.